The molecule has 0 amide bonds. The average Bonchev–Trinajstić information content (AvgIpc) is 3.11. The first-order valence-electron chi connectivity index (χ1n) is 7.42. The lowest BCUT2D eigenvalue weighted by Crippen LogP contribution is -2.43. The van der Waals surface area contributed by atoms with Crippen molar-refractivity contribution in [3.63, 3.8) is 0 Å². The summed E-state index contributed by atoms with van der Waals surface area (Å²) in [6.45, 7) is 1.63. The number of hydrogen-bond donors (Lipinski definition) is 1. The highest BCUT2D eigenvalue weighted by molar-refractivity contribution is 5.70. The third-order valence-electron chi connectivity index (χ3n) is 4.29. The molecular weight excluding hydrogens is 286 g/mol. The summed E-state index contributed by atoms with van der Waals surface area (Å²) in [7, 11) is 4.99. The third kappa shape index (κ3) is 2.28. The largest absolute Gasteiger partial charge is 0.377 e. The zero-order chi connectivity index (χ0) is 15.9. The summed E-state index contributed by atoms with van der Waals surface area (Å²) in [4.78, 5) is 29.6. The highest BCUT2D eigenvalue weighted by atomic mass is 16.5. The summed E-state index contributed by atoms with van der Waals surface area (Å²) in [5, 5.41) is 3.32. The van der Waals surface area contributed by atoms with E-state index in [0.29, 0.717) is 30.1 Å². The van der Waals surface area contributed by atoms with Gasteiger partial charge in [0.05, 0.1) is 0 Å². The maximum atomic E-state index is 12.7. The fourth-order valence-corrected chi connectivity index (χ4v) is 3.04. The molecule has 120 valence electrons. The van der Waals surface area contributed by atoms with Gasteiger partial charge < -0.3 is 14.6 Å². The van der Waals surface area contributed by atoms with E-state index in [4.69, 9.17) is 4.74 Å². The Labute approximate surface area is 127 Å². The maximum Gasteiger partial charge on any atom is 0.332 e. The van der Waals surface area contributed by atoms with Crippen molar-refractivity contribution in [1.29, 1.82) is 0 Å². The minimum Gasteiger partial charge on any atom is -0.377 e. The quantitative estimate of drug-likeness (QED) is 0.810. The van der Waals surface area contributed by atoms with Gasteiger partial charge in [-0.1, -0.05) is 0 Å². The summed E-state index contributed by atoms with van der Waals surface area (Å²) in [5.74, 6) is 0.626. The van der Waals surface area contributed by atoms with E-state index in [1.165, 1.54) is 9.13 Å². The van der Waals surface area contributed by atoms with Gasteiger partial charge >= 0.3 is 5.69 Å². The van der Waals surface area contributed by atoms with Gasteiger partial charge in [0.2, 0.25) is 0 Å². The van der Waals surface area contributed by atoms with Gasteiger partial charge in [0.25, 0.3) is 5.56 Å². The van der Waals surface area contributed by atoms with Crippen LogP contribution in [0.15, 0.2) is 9.59 Å². The highest BCUT2D eigenvalue weighted by Gasteiger charge is 2.21. The van der Waals surface area contributed by atoms with Gasteiger partial charge in [0.1, 0.15) is 12.4 Å². The fraction of sp³-hybridized carbons (Fsp3) is 0.643. The lowest BCUT2D eigenvalue weighted by molar-refractivity contribution is 0.175. The second kappa shape index (κ2) is 5.69. The van der Waals surface area contributed by atoms with Gasteiger partial charge in [0.15, 0.2) is 11.2 Å². The summed E-state index contributed by atoms with van der Waals surface area (Å²) >= 11 is 0. The van der Waals surface area contributed by atoms with Crippen LogP contribution in [0.1, 0.15) is 18.7 Å². The van der Waals surface area contributed by atoms with E-state index in [1.54, 1.807) is 25.8 Å². The Morgan fingerprint density at radius 1 is 1.32 bits per heavy atom. The van der Waals surface area contributed by atoms with E-state index in [2.05, 4.69) is 10.3 Å². The number of aromatic nitrogens is 4. The lowest BCUT2D eigenvalue weighted by Gasteiger charge is -2.13. The Bertz CT molecular complexity index is 810. The second-order valence-electron chi connectivity index (χ2n) is 5.74. The molecule has 22 heavy (non-hydrogen) atoms. The molecule has 3 heterocycles. The predicted molar refractivity (Wildman–Crippen MR) is 82.0 cm³/mol. The van der Waals surface area contributed by atoms with Gasteiger partial charge in [-0.25, -0.2) is 9.78 Å². The smallest absolute Gasteiger partial charge is 0.332 e. The Kier molecular flexibility index (Phi) is 3.88. The van der Waals surface area contributed by atoms with Crippen LogP contribution in [-0.4, -0.2) is 38.4 Å². The zero-order valence-corrected chi connectivity index (χ0v) is 13.1. The number of rotatable bonds is 4. The number of methoxy groups -OCH3 is 1. The van der Waals surface area contributed by atoms with Crippen molar-refractivity contribution in [2.24, 2.45) is 14.1 Å². The van der Waals surface area contributed by atoms with Crippen molar-refractivity contribution in [3.8, 4) is 0 Å². The van der Waals surface area contributed by atoms with Crippen LogP contribution < -0.4 is 16.6 Å². The molecule has 0 aromatic carbocycles. The minimum absolute atomic E-state index is 0.175. The van der Waals surface area contributed by atoms with Crippen molar-refractivity contribution in [2.45, 2.75) is 32.0 Å². The van der Waals surface area contributed by atoms with Crippen LogP contribution in [0.25, 0.3) is 11.2 Å². The molecule has 1 aliphatic heterocycles. The number of imidazole rings is 1. The van der Waals surface area contributed by atoms with Crippen LogP contribution in [0, 0.1) is 0 Å². The summed E-state index contributed by atoms with van der Waals surface area (Å²) in [6.07, 6.45) is 2.06. The van der Waals surface area contributed by atoms with E-state index >= 15 is 0 Å². The number of ether oxygens (including phenoxy) is 1. The van der Waals surface area contributed by atoms with Gasteiger partial charge in [0, 0.05) is 33.8 Å². The van der Waals surface area contributed by atoms with Gasteiger partial charge in [-0.05, 0) is 19.4 Å². The molecule has 1 atom stereocenters. The zero-order valence-electron chi connectivity index (χ0n) is 13.1. The average molecular weight is 307 g/mol. The molecule has 1 fully saturated rings. The van der Waals surface area contributed by atoms with Gasteiger partial charge in [-0.2, -0.15) is 0 Å². The lowest BCUT2D eigenvalue weighted by atomic mass is 10.2. The molecule has 1 saturated heterocycles. The Morgan fingerprint density at radius 2 is 2.09 bits per heavy atom. The molecular formula is C14H21N5O3. The summed E-state index contributed by atoms with van der Waals surface area (Å²) in [5.41, 5.74) is 0.227. The Balaban J connectivity index is 2.19. The van der Waals surface area contributed by atoms with Crippen LogP contribution in [0.2, 0.25) is 0 Å². The molecule has 0 saturated carbocycles. The van der Waals surface area contributed by atoms with E-state index in [9.17, 15) is 9.59 Å². The normalized spacial score (nSPS) is 18.4. The van der Waals surface area contributed by atoms with E-state index < -0.39 is 0 Å². The monoisotopic (exact) mass is 307 g/mol. The molecule has 0 aliphatic carbocycles. The number of hydrogen-bond acceptors (Lipinski definition) is 5. The van der Waals surface area contributed by atoms with Crippen molar-refractivity contribution in [1.82, 2.24) is 24.0 Å². The van der Waals surface area contributed by atoms with Crippen LogP contribution in [0.3, 0.4) is 0 Å². The number of aryl methyl sites for hydroxylation is 2. The van der Waals surface area contributed by atoms with E-state index in [-0.39, 0.29) is 17.3 Å². The Morgan fingerprint density at radius 3 is 2.73 bits per heavy atom. The maximum absolute atomic E-state index is 12.7. The minimum atomic E-state index is -0.326. The summed E-state index contributed by atoms with van der Waals surface area (Å²) in [6, 6.07) is 0.175. The summed E-state index contributed by atoms with van der Waals surface area (Å²) < 4.78 is 9.55. The third-order valence-corrected chi connectivity index (χ3v) is 4.29. The van der Waals surface area contributed by atoms with Crippen LogP contribution in [0.4, 0.5) is 0 Å². The fourth-order valence-electron chi connectivity index (χ4n) is 3.04. The van der Waals surface area contributed by atoms with Gasteiger partial charge in [-0.3, -0.25) is 13.9 Å². The number of nitrogens with one attached hydrogen (secondary N) is 1. The SMILES string of the molecule is COCc1nc2c(c(=O)n(CC3CCCN3)c(=O)n2C)n1C. The predicted octanol–water partition coefficient (Wildman–Crippen LogP) is -0.668. The molecule has 1 N–H and O–H groups in total. The van der Waals surface area contributed by atoms with Crippen LogP contribution in [0.5, 0.6) is 0 Å². The first-order valence-corrected chi connectivity index (χ1v) is 7.42. The molecule has 0 bridgehead atoms. The molecule has 1 aliphatic rings. The molecule has 3 rings (SSSR count). The second-order valence-corrected chi connectivity index (χ2v) is 5.74. The molecule has 1 unspecified atom stereocenters. The molecule has 8 heteroatoms. The van der Waals surface area contributed by atoms with Crippen molar-refractivity contribution in [3.05, 3.63) is 26.7 Å². The first kappa shape index (κ1) is 15.0. The van der Waals surface area contributed by atoms with Crippen molar-refractivity contribution < 1.29 is 4.74 Å². The van der Waals surface area contributed by atoms with Gasteiger partial charge in [-0.15, -0.1) is 0 Å². The van der Waals surface area contributed by atoms with Crippen molar-refractivity contribution in [2.75, 3.05) is 13.7 Å². The molecule has 0 radical (unpaired) electrons. The van der Waals surface area contributed by atoms with Crippen molar-refractivity contribution >= 4 is 11.2 Å². The van der Waals surface area contributed by atoms with Crippen LogP contribution >= 0.6 is 0 Å². The highest BCUT2D eigenvalue weighted by Crippen LogP contribution is 2.11. The number of nitrogens with zero attached hydrogens (tertiary/aromatic N) is 4. The topological polar surface area (TPSA) is 83.1 Å². The molecule has 8 nitrogen and oxygen atoms in total. The molecule has 2 aromatic heterocycles. The molecule has 0 spiro atoms. The molecule has 2 aromatic rings. The van der Waals surface area contributed by atoms with Crippen LogP contribution in [-0.2, 0) is 32.0 Å². The first-order chi connectivity index (χ1) is 10.5. The standard InChI is InChI=1S/C14H21N5O3/c1-17-10(8-22-3)16-12-11(17)13(20)19(14(21)18(12)2)7-9-5-4-6-15-9/h9,15H,4-8H2,1-3H3. The number of fused-ring (bicyclic) bond motifs is 1. The Hall–Kier alpha value is -1.93. The van der Waals surface area contributed by atoms with E-state index in [0.717, 1.165) is 19.4 Å². The van der Waals surface area contributed by atoms with E-state index in [1.807, 2.05) is 0 Å².